The largest absolute Gasteiger partial charge is 0.467 e. The summed E-state index contributed by atoms with van der Waals surface area (Å²) in [5, 5.41) is 169. The molecule has 0 aromatic carbocycles. The van der Waals surface area contributed by atoms with Gasteiger partial charge in [-0.25, -0.2) is 8.78 Å². The van der Waals surface area contributed by atoms with E-state index >= 15 is 0 Å². The lowest BCUT2D eigenvalue weighted by Gasteiger charge is -2.49. The molecular weight excluding hydrogens is 1940 g/mol. The number of carbonyl (C=O) groups excluding carboxylic acids is 3. The third kappa shape index (κ3) is 39.8. The van der Waals surface area contributed by atoms with Crippen LogP contribution in [0.3, 0.4) is 0 Å². The summed E-state index contributed by atoms with van der Waals surface area (Å²) >= 11 is 0. The zero-order valence-corrected chi connectivity index (χ0v) is 84.6. The van der Waals surface area contributed by atoms with Gasteiger partial charge in [0.15, 0.2) is 18.9 Å². The van der Waals surface area contributed by atoms with E-state index < -0.39 is 243 Å². The molecule has 146 heavy (non-hydrogen) atoms. The maximum atomic E-state index is 12.8. The minimum absolute atomic E-state index is 0.000724. The van der Waals surface area contributed by atoms with Crippen LogP contribution in [0.25, 0.3) is 0 Å². The van der Waals surface area contributed by atoms with E-state index in [1.165, 1.54) is 13.8 Å². The Morgan fingerprint density at radius 3 is 1.05 bits per heavy atom. The van der Waals surface area contributed by atoms with Crippen LogP contribution in [0.4, 0.5) is 8.78 Å². The van der Waals surface area contributed by atoms with Crippen molar-refractivity contribution in [3.63, 3.8) is 0 Å². The van der Waals surface area contributed by atoms with Gasteiger partial charge >= 0.3 is 0 Å². The van der Waals surface area contributed by atoms with Crippen molar-refractivity contribution in [3.8, 4) is 0 Å². The number of nitrogens with two attached hydrogens (primary N) is 11. The minimum Gasteiger partial charge on any atom is -0.467 e. The molecule has 54 nitrogen and oxygen atoms in total. The van der Waals surface area contributed by atoms with Gasteiger partial charge < -0.3 is 253 Å². The number of likely N-dealkylation sites (N-methyl/N-ethyl adjacent to an activating group) is 3. The predicted molar refractivity (Wildman–Crippen MR) is 521 cm³/mol. The molecule has 3 saturated carbocycles. The van der Waals surface area contributed by atoms with E-state index in [4.69, 9.17) is 160 Å². The predicted octanol–water partition coefficient (Wildman–Crippen LogP) is -12.4. The Bertz CT molecular complexity index is 3950. The van der Waals surface area contributed by atoms with E-state index in [-0.39, 0.29) is 141 Å². The number of aliphatic hydroxyl groups excluding tert-OH is 9. The molecule has 9 aliphatic rings. The third-order valence-electron chi connectivity index (χ3n) is 26.0. The summed E-state index contributed by atoms with van der Waals surface area (Å²) in [4.78, 5) is 38.3. The Balaban J connectivity index is 0.000000297. The van der Waals surface area contributed by atoms with E-state index in [1.54, 1.807) is 21.1 Å². The fourth-order valence-corrected chi connectivity index (χ4v) is 18.1. The molecule has 0 bridgehead atoms. The zero-order chi connectivity index (χ0) is 108. The van der Waals surface area contributed by atoms with Crippen molar-refractivity contribution in [1.82, 2.24) is 47.9 Å². The number of carbonyl (C=O) groups is 3. The first-order valence-electron chi connectivity index (χ1n) is 49.7. The monoisotopic (exact) mass is 2110 g/mol. The van der Waals surface area contributed by atoms with Crippen molar-refractivity contribution in [1.29, 1.82) is 16.2 Å². The lowest BCUT2D eigenvalue weighted by Crippen LogP contribution is -2.69. The summed E-state index contributed by atoms with van der Waals surface area (Å²) in [5.41, 5.74) is 62.3. The summed E-state index contributed by atoms with van der Waals surface area (Å²) < 4.78 is 123. The quantitative estimate of drug-likeness (QED) is 0.0153. The molecule has 35 atom stereocenters. The Morgan fingerprint density at radius 2 is 0.726 bits per heavy atom. The number of ether oxygens (including phenoxy) is 17. The van der Waals surface area contributed by atoms with Crippen LogP contribution >= 0.6 is 0 Å². The third-order valence-corrected chi connectivity index (χ3v) is 26.0. The highest BCUT2D eigenvalue weighted by Crippen LogP contribution is 2.39. The summed E-state index contributed by atoms with van der Waals surface area (Å²) in [7, 11) is 4.86. The summed E-state index contributed by atoms with van der Waals surface area (Å²) in [5.74, 6) is -0.521. The van der Waals surface area contributed by atoms with E-state index in [1.807, 2.05) is 32.1 Å². The topological polar surface area (TPSA) is 897 Å². The van der Waals surface area contributed by atoms with Gasteiger partial charge in [0, 0.05) is 61.4 Å². The van der Waals surface area contributed by atoms with Gasteiger partial charge in [0.05, 0.1) is 134 Å². The Labute approximate surface area is 849 Å². The van der Waals surface area contributed by atoms with Crippen LogP contribution in [0.15, 0.2) is 35.5 Å². The van der Waals surface area contributed by atoms with Crippen LogP contribution < -0.4 is 111 Å². The lowest BCUT2D eigenvalue weighted by molar-refractivity contribution is -0.304. The molecule has 0 aromatic heterocycles. The number of alkyl halides is 2. The van der Waals surface area contributed by atoms with Crippen molar-refractivity contribution in [2.45, 2.75) is 324 Å². The fourth-order valence-electron chi connectivity index (χ4n) is 18.1. The van der Waals surface area contributed by atoms with Gasteiger partial charge in [0.1, 0.15) is 145 Å². The Kier molecular flexibility index (Phi) is 55.2. The van der Waals surface area contributed by atoms with E-state index in [0.717, 1.165) is 0 Å². The number of hydrogen-bond acceptors (Lipinski definition) is 49. The molecular formula is C90H171F2N23O31. The van der Waals surface area contributed by atoms with Crippen molar-refractivity contribution < 1.29 is 160 Å². The van der Waals surface area contributed by atoms with Crippen LogP contribution in [-0.4, -0.2) is 477 Å². The Hall–Kier alpha value is -6.10. The SMILES string of the molecule is CN[C@@H]1[C@@H](O)[C@@H](O[C@@H]2[C@@H](O)[C@H](O[C@H]3OC(CNCCCOCC(=N)N)=CC[C@H]3N)[C@@H](N)C[C@H]2NC(=O)[C@@H](O)CCN)OC[C@]1(C)O.CN[C@@H]1[C@@H](O)[C@@H](O[C@@H]2[C@@H](O)[C@H](O[C@H]3OC(CNCCOCCOCC(=N)CCC(F)F)=CC[C@H]3N)[C@@H](N)C[C@H]2NC(=O)[C@@H](O)CCN)OC[C@]1(C)O.CN[C@@H]1[C@@H](O)[C@@H](O[C@@H]2[C@@H](O)[C@H](O[C@H]3OC(CNCCOCCOCC(=N)N)=CC[C@H]3N)[C@@H](N)C[C@H]2NC(=O)[C@@H](O)CCN)OCC1(C)C. The minimum atomic E-state index is -2.44. The van der Waals surface area contributed by atoms with Crippen molar-refractivity contribution in [2.75, 3.05) is 166 Å². The standard InChI is InChI=1S/C32H59F2N7O11.C30H58N8O10.C28H54N8O10/c1-32(46)16-49-31(25(44)28(32)39-2)52-27-21(41-29(45)22(42)7-8-35)13-20(38)26(24(27)43)51-30-19(37)5-4-18(50-30)14-40-9-10-47-11-12-48-15-17(36)3-6-23(33)34;1-30(2)15-45-29(23(41)26(30)36-3)48-25-19(38-27(42)20(39)6-7-31)12-18(33)24(22(25)40)47-28-17(32)5-4-16(46-28)13-37-8-9-43-10-11-44-14-21(34)35;1-28(41)13-43-27(21(39)24(28)34-2)46-23-17(36-25(40)18(37)6-7-29)10-16(31)22(20(23)38)45-26-15(30)5-4-14(44-26)11-35-8-3-9-42-12-19(32)33/h4,19-28,30-31,36,39-40,42-44,46H,3,5-16,35,37-38H2,1-2H3,(H,41,45);4,17-20,22-26,28-29,36-37,39-41H,5-15,31-33H2,1-3H3,(H3,34,35)(H,38,42);4,15-18,20-24,26-27,34-35,37-39,41H,3,5-13,29-31H2,1-2H3,(H3,32,33)(H,36,40)/t19-,20+,21-,22+,24+,25-,26-,27+,28-,30-,31-,32+;17-,18+,19-,20+,22+,23-,24-,25+,26-,28-,29-;15-,16+,17-,18+,20+,21-,22-,23+,24-,26-,27-,28+/m111/s1. The number of amidine groups is 2. The van der Waals surface area contributed by atoms with E-state index in [9.17, 15) is 79.3 Å². The highest BCUT2D eigenvalue weighted by molar-refractivity contribution is 5.83. The van der Waals surface area contributed by atoms with Gasteiger partial charge in [-0.3, -0.25) is 25.2 Å². The number of nitrogens with one attached hydrogen (secondary N) is 12. The fraction of sp³-hybridized carbons (Fsp3) is 0.867. The maximum Gasteiger partial charge on any atom is 0.249 e. The van der Waals surface area contributed by atoms with Crippen LogP contribution in [0.1, 0.15) is 105 Å². The van der Waals surface area contributed by atoms with Gasteiger partial charge in [-0.05, 0) is 150 Å². The number of halogens is 2. The molecule has 6 fully saturated rings. The van der Waals surface area contributed by atoms with Gasteiger partial charge in [-0.2, -0.15) is 0 Å². The van der Waals surface area contributed by atoms with Crippen LogP contribution in [0.2, 0.25) is 0 Å². The summed E-state index contributed by atoms with van der Waals surface area (Å²) in [6, 6.07) is -9.04. The molecule has 3 amide bonds. The highest BCUT2D eigenvalue weighted by Gasteiger charge is 2.57. The number of rotatable bonds is 58. The second kappa shape index (κ2) is 63.5. The van der Waals surface area contributed by atoms with Crippen molar-refractivity contribution in [2.24, 2.45) is 68.5 Å². The lowest BCUT2D eigenvalue weighted by atomic mass is 9.79. The first kappa shape index (κ1) is 127. The normalized spacial score (nSPS) is 35.2. The molecule has 45 N–H and O–H groups in total. The smallest absolute Gasteiger partial charge is 0.249 e. The Morgan fingerprint density at radius 1 is 0.418 bits per heavy atom. The van der Waals surface area contributed by atoms with Crippen molar-refractivity contribution >= 4 is 35.1 Å². The summed E-state index contributed by atoms with van der Waals surface area (Å²) in [6.45, 7) is 12.2. The second-order valence-electron chi connectivity index (χ2n) is 38.9. The molecule has 3 aliphatic carbocycles. The average Bonchev–Trinajstić information content (AvgIpc) is 0.779. The molecule has 0 unspecified atom stereocenters. The first-order valence-corrected chi connectivity index (χ1v) is 49.7. The molecule has 0 aromatic rings. The molecule has 6 aliphatic heterocycles. The van der Waals surface area contributed by atoms with Gasteiger partial charge in [0.25, 0.3) is 0 Å². The highest BCUT2D eigenvalue weighted by atomic mass is 19.3. The van der Waals surface area contributed by atoms with E-state index in [2.05, 4.69) is 47.9 Å². The number of aliphatic hydroxyl groups is 11. The van der Waals surface area contributed by atoms with Gasteiger partial charge in [-0.15, -0.1) is 0 Å². The molecule has 3 saturated heterocycles. The van der Waals surface area contributed by atoms with Gasteiger partial charge in [-0.1, -0.05) is 13.8 Å². The molecule has 56 heteroatoms. The molecule has 0 radical (unpaired) electrons. The average molecular weight is 2110 g/mol. The van der Waals surface area contributed by atoms with E-state index in [0.29, 0.717) is 115 Å². The van der Waals surface area contributed by atoms with Crippen LogP contribution in [0, 0.1) is 21.6 Å². The van der Waals surface area contributed by atoms with Crippen molar-refractivity contribution in [3.05, 3.63) is 35.5 Å². The molecule has 0 spiro atoms. The molecule has 6 heterocycles. The van der Waals surface area contributed by atoms with Crippen LogP contribution in [0.5, 0.6) is 0 Å². The maximum absolute atomic E-state index is 12.8. The number of hydrogen-bond donors (Lipinski definition) is 34. The second-order valence-corrected chi connectivity index (χ2v) is 38.9. The summed E-state index contributed by atoms with van der Waals surface area (Å²) in [6.07, 6.45) is -21.0. The van der Waals surface area contributed by atoms with Crippen LogP contribution in [-0.2, 0) is 94.9 Å². The zero-order valence-electron chi connectivity index (χ0n) is 84.6. The molecule has 9 rings (SSSR count). The first-order chi connectivity index (χ1) is 69.2. The molecule has 846 valence electrons. The number of amides is 3. The van der Waals surface area contributed by atoms with Gasteiger partial charge in [0.2, 0.25) is 43.0 Å².